The van der Waals surface area contributed by atoms with Gasteiger partial charge in [-0.15, -0.1) is 0 Å². The summed E-state index contributed by atoms with van der Waals surface area (Å²) in [5.41, 5.74) is 3.28. The van der Waals surface area contributed by atoms with Crippen LogP contribution in [0, 0.1) is 26.7 Å². The standard InChI is InChI=1S/C18H29NO2/c1-12(2)19-18(10-20,16-6-7-16)11-21-17-14(4)8-13(3)9-15(17)5/h8-9,12,16,19-20H,6-7,10-11H2,1-5H3. The lowest BCUT2D eigenvalue weighted by Gasteiger charge is -2.35. The van der Waals surface area contributed by atoms with E-state index in [0.29, 0.717) is 18.6 Å². The normalized spacial score (nSPS) is 17.9. The maximum absolute atomic E-state index is 9.95. The Morgan fingerprint density at radius 2 is 1.81 bits per heavy atom. The minimum Gasteiger partial charge on any atom is -0.491 e. The third kappa shape index (κ3) is 3.78. The molecule has 0 spiro atoms. The summed E-state index contributed by atoms with van der Waals surface area (Å²) in [4.78, 5) is 0. The van der Waals surface area contributed by atoms with Gasteiger partial charge in [0.25, 0.3) is 0 Å². The van der Waals surface area contributed by atoms with E-state index in [1.807, 2.05) is 0 Å². The van der Waals surface area contributed by atoms with Crippen molar-refractivity contribution in [3.05, 3.63) is 28.8 Å². The molecule has 2 N–H and O–H groups in total. The molecule has 118 valence electrons. The maximum Gasteiger partial charge on any atom is 0.125 e. The van der Waals surface area contributed by atoms with Gasteiger partial charge in [0.15, 0.2) is 0 Å². The van der Waals surface area contributed by atoms with Gasteiger partial charge in [0.1, 0.15) is 12.4 Å². The van der Waals surface area contributed by atoms with Crippen molar-refractivity contribution in [3.63, 3.8) is 0 Å². The van der Waals surface area contributed by atoms with Gasteiger partial charge in [-0.3, -0.25) is 0 Å². The summed E-state index contributed by atoms with van der Waals surface area (Å²) in [5, 5.41) is 13.5. The minimum atomic E-state index is -0.308. The maximum atomic E-state index is 9.95. The summed E-state index contributed by atoms with van der Waals surface area (Å²) in [6.45, 7) is 11.2. The highest BCUT2D eigenvalue weighted by molar-refractivity contribution is 5.43. The van der Waals surface area contributed by atoms with Crippen LogP contribution in [0.3, 0.4) is 0 Å². The predicted octanol–water partition coefficient (Wildman–Crippen LogP) is 3.13. The Labute approximate surface area is 128 Å². The van der Waals surface area contributed by atoms with Crippen LogP contribution in [0.2, 0.25) is 0 Å². The molecule has 2 rings (SSSR count). The number of hydrogen-bond acceptors (Lipinski definition) is 3. The summed E-state index contributed by atoms with van der Waals surface area (Å²) in [6, 6.07) is 4.63. The van der Waals surface area contributed by atoms with Crippen molar-refractivity contribution in [2.45, 2.75) is 59.0 Å². The number of hydrogen-bond donors (Lipinski definition) is 2. The van der Waals surface area contributed by atoms with Crippen LogP contribution in [-0.2, 0) is 0 Å². The topological polar surface area (TPSA) is 41.5 Å². The molecule has 1 aromatic rings. The first-order valence-electron chi connectivity index (χ1n) is 7.97. The fourth-order valence-electron chi connectivity index (χ4n) is 3.30. The lowest BCUT2D eigenvalue weighted by atomic mass is 9.94. The molecule has 0 bridgehead atoms. The molecule has 1 aromatic carbocycles. The van der Waals surface area contributed by atoms with Crippen molar-refractivity contribution >= 4 is 0 Å². The van der Waals surface area contributed by atoms with E-state index in [4.69, 9.17) is 4.74 Å². The molecule has 1 atom stereocenters. The molecule has 1 aliphatic rings. The summed E-state index contributed by atoms with van der Waals surface area (Å²) in [6.07, 6.45) is 2.35. The largest absolute Gasteiger partial charge is 0.491 e. The molecule has 0 radical (unpaired) electrons. The molecule has 0 aliphatic heterocycles. The van der Waals surface area contributed by atoms with Crippen molar-refractivity contribution in [1.29, 1.82) is 0 Å². The molecule has 0 saturated heterocycles. The zero-order valence-electron chi connectivity index (χ0n) is 14.0. The molecule has 1 saturated carbocycles. The van der Waals surface area contributed by atoms with E-state index in [0.717, 1.165) is 5.75 Å². The molecule has 1 fully saturated rings. The van der Waals surface area contributed by atoms with Crippen LogP contribution in [-0.4, -0.2) is 29.9 Å². The number of nitrogens with one attached hydrogen (secondary N) is 1. The van der Waals surface area contributed by atoms with E-state index in [1.165, 1.54) is 29.5 Å². The van der Waals surface area contributed by atoms with Gasteiger partial charge in [-0.25, -0.2) is 0 Å². The molecular weight excluding hydrogens is 262 g/mol. The van der Waals surface area contributed by atoms with Crippen molar-refractivity contribution < 1.29 is 9.84 Å². The highest BCUT2D eigenvalue weighted by Gasteiger charge is 2.46. The minimum absolute atomic E-state index is 0.125. The number of aryl methyl sites for hydroxylation is 3. The molecule has 0 aromatic heterocycles. The van der Waals surface area contributed by atoms with Crippen LogP contribution >= 0.6 is 0 Å². The molecular formula is C18H29NO2. The van der Waals surface area contributed by atoms with Gasteiger partial charge in [-0.2, -0.15) is 0 Å². The van der Waals surface area contributed by atoms with E-state index in [-0.39, 0.29) is 12.1 Å². The van der Waals surface area contributed by atoms with Crippen molar-refractivity contribution in [2.24, 2.45) is 5.92 Å². The van der Waals surface area contributed by atoms with Gasteiger partial charge in [-0.05, 0) is 50.7 Å². The Kier molecular flexibility index (Phi) is 4.95. The third-order valence-electron chi connectivity index (χ3n) is 4.30. The molecule has 1 aliphatic carbocycles. The molecule has 0 amide bonds. The second kappa shape index (κ2) is 6.37. The van der Waals surface area contributed by atoms with Crippen LogP contribution in [0.15, 0.2) is 12.1 Å². The number of aliphatic hydroxyl groups is 1. The van der Waals surface area contributed by atoms with E-state index in [1.54, 1.807) is 0 Å². The first-order chi connectivity index (χ1) is 9.88. The highest BCUT2D eigenvalue weighted by Crippen LogP contribution is 2.40. The Hall–Kier alpha value is -1.06. The fourth-order valence-corrected chi connectivity index (χ4v) is 3.30. The molecule has 0 heterocycles. The number of rotatable bonds is 7. The Morgan fingerprint density at radius 1 is 1.24 bits per heavy atom. The van der Waals surface area contributed by atoms with E-state index >= 15 is 0 Å². The molecule has 3 heteroatoms. The van der Waals surface area contributed by atoms with E-state index in [2.05, 4.69) is 52.1 Å². The average molecular weight is 291 g/mol. The SMILES string of the molecule is Cc1cc(C)c(OCC(CO)(NC(C)C)C2CC2)c(C)c1. The Bertz CT molecular complexity index is 471. The summed E-state index contributed by atoms with van der Waals surface area (Å²) in [7, 11) is 0. The quantitative estimate of drug-likeness (QED) is 0.811. The van der Waals surface area contributed by atoms with Crippen LogP contribution in [0.5, 0.6) is 5.75 Å². The van der Waals surface area contributed by atoms with Crippen LogP contribution in [0.4, 0.5) is 0 Å². The summed E-state index contributed by atoms with van der Waals surface area (Å²) >= 11 is 0. The first kappa shape index (κ1) is 16.3. The van der Waals surface area contributed by atoms with Gasteiger partial charge in [0.05, 0.1) is 12.1 Å². The summed E-state index contributed by atoms with van der Waals surface area (Å²) < 4.78 is 6.16. The molecule has 21 heavy (non-hydrogen) atoms. The third-order valence-corrected chi connectivity index (χ3v) is 4.30. The second-order valence-corrected chi connectivity index (χ2v) is 6.90. The monoisotopic (exact) mass is 291 g/mol. The van der Waals surface area contributed by atoms with E-state index < -0.39 is 0 Å². The van der Waals surface area contributed by atoms with Gasteiger partial charge in [0.2, 0.25) is 0 Å². The smallest absolute Gasteiger partial charge is 0.125 e. The number of ether oxygens (including phenoxy) is 1. The van der Waals surface area contributed by atoms with Crippen molar-refractivity contribution in [3.8, 4) is 5.75 Å². The Morgan fingerprint density at radius 3 is 2.24 bits per heavy atom. The first-order valence-corrected chi connectivity index (χ1v) is 7.97. The van der Waals surface area contributed by atoms with Crippen molar-refractivity contribution in [1.82, 2.24) is 5.32 Å². The lowest BCUT2D eigenvalue weighted by molar-refractivity contribution is 0.0772. The highest BCUT2D eigenvalue weighted by atomic mass is 16.5. The zero-order chi connectivity index (χ0) is 15.6. The molecule has 1 unspecified atom stereocenters. The zero-order valence-corrected chi connectivity index (χ0v) is 14.0. The van der Waals surface area contributed by atoms with Gasteiger partial charge >= 0.3 is 0 Å². The Balaban J connectivity index is 2.15. The van der Waals surface area contributed by atoms with Crippen LogP contribution < -0.4 is 10.1 Å². The van der Waals surface area contributed by atoms with Crippen LogP contribution in [0.1, 0.15) is 43.4 Å². The second-order valence-electron chi connectivity index (χ2n) is 6.90. The fraction of sp³-hybridized carbons (Fsp3) is 0.667. The average Bonchev–Trinajstić information content (AvgIpc) is 3.20. The van der Waals surface area contributed by atoms with Gasteiger partial charge < -0.3 is 15.2 Å². The molecule has 3 nitrogen and oxygen atoms in total. The predicted molar refractivity (Wildman–Crippen MR) is 87.0 cm³/mol. The van der Waals surface area contributed by atoms with Crippen molar-refractivity contribution in [2.75, 3.05) is 13.2 Å². The lowest BCUT2D eigenvalue weighted by Crippen LogP contribution is -2.57. The number of benzene rings is 1. The van der Waals surface area contributed by atoms with Gasteiger partial charge in [-0.1, -0.05) is 31.5 Å². The summed E-state index contributed by atoms with van der Waals surface area (Å²) in [5.74, 6) is 1.49. The van der Waals surface area contributed by atoms with Gasteiger partial charge in [0, 0.05) is 6.04 Å². The van der Waals surface area contributed by atoms with Crippen LogP contribution in [0.25, 0.3) is 0 Å². The van der Waals surface area contributed by atoms with E-state index in [9.17, 15) is 5.11 Å². The number of aliphatic hydroxyl groups excluding tert-OH is 1.